The first-order chi connectivity index (χ1) is 7.70. The fourth-order valence-electron chi connectivity index (χ4n) is 1.70. The zero-order valence-electron chi connectivity index (χ0n) is 9.82. The average molecular weight is 238 g/mol. The molecular weight excluding hydrogens is 220 g/mol. The molecule has 1 saturated carbocycles. The highest BCUT2D eigenvalue weighted by Gasteiger charge is 2.26. The lowest BCUT2D eigenvalue weighted by Crippen LogP contribution is -2.20. The summed E-state index contributed by atoms with van der Waals surface area (Å²) in [5.41, 5.74) is 1.16. The van der Waals surface area contributed by atoms with E-state index in [-0.39, 0.29) is 11.8 Å². The number of nitrogens with one attached hydrogen (secondary N) is 1. The van der Waals surface area contributed by atoms with Gasteiger partial charge in [-0.3, -0.25) is 4.79 Å². The number of aromatic nitrogens is 1. The summed E-state index contributed by atoms with van der Waals surface area (Å²) in [5, 5.41) is 5.72. The van der Waals surface area contributed by atoms with E-state index < -0.39 is 0 Å². The second kappa shape index (κ2) is 4.95. The SMILES string of the molecule is CCCC(C)C(=O)Nc1nc(C2CC2)cs1. The maximum atomic E-state index is 11.8. The van der Waals surface area contributed by atoms with Gasteiger partial charge in [-0.25, -0.2) is 4.98 Å². The van der Waals surface area contributed by atoms with Gasteiger partial charge in [0.2, 0.25) is 5.91 Å². The van der Waals surface area contributed by atoms with Crippen molar-refractivity contribution in [2.24, 2.45) is 5.92 Å². The molecule has 1 amide bonds. The number of hydrogen-bond donors (Lipinski definition) is 1. The Bertz CT molecular complexity index is 371. The number of anilines is 1. The van der Waals surface area contributed by atoms with E-state index in [0.29, 0.717) is 5.92 Å². The fourth-order valence-corrected chi connectivity index (χ4v) is 2.50. The van der Waals surface area contributed by atoms with Gasteiger partial charge in [-0.15, -0.1) is 11.3 Å². The molecule has 0 aliphatic heterocycles. The Balaban J connectivity index is 1.89. The first-order valence-electron chi connectivity index (χ1n) is 5.97. The first kappa shape index (κ1) is 11.6. The Morgan fingerprint density at radius 1 is 1.69 bits per heavy atom. The maximum absolute atomic E-state index is 11.8. The molecule has 1 heterocycles. The van der Waals surface area contributed by atoms with Crippen molar-refractivity contribution >= 4 is 22.4 Å². The third-order valence-corrected chi connectivity index (χ3v) is 3.69. The van der Waals surface area contributed by atoms with Gasteiger partial charge in [0.05, 0.1) is 5.69 Å². The van der Waals surface area contributed by atoms with Crippen LogP contribution < -0.4 is 5.32 Å². The molecule has 0 aromatic carbocycles. The van der Waals surface area contributed by atoms with Gasteiger partial charge in [-0.1, -0.05) is 20.3 Å². The van der Waals surface area contributed by atoms with Crippen LogP contribution in [0.2, 0.25) is 0 Å². The highest BCUT2D eigenvalue weighted by molar-refractivity contribution is 7.13. The summed E-state index contributed by atoms with van der Waals surface area (Å²) in [6.07, 6.45) is 4.49. The molecule has 1 fully saturated rings. The van der Waals surface area contributed by atoms with Crippen molar-refractivity contribution in [2.75, 3.05) is 5.32 Å². The molecule has 4 heteroatoms. The minimum absolute atomic E-state index is 0.0817. The van der Waals surface area contributed by atoms with E-state index in [9.17, 15) is 4.79 Å². The Morgan fingerprint density at radius 3 is 3.06 bits per heavy atom. The number of rotatable bonds is 5. The van der Waals surface area contributed by atoms with Crippen LogP contribution in [-0.2, 0) is 4.79 Å². The largest absolute Gasteiger partial charge is 0.302 e. The van der Waals surface area contributed by atoms with E-state index in [4.69, 9.17) is 0 Å². The number of amides is 1. The summed E-state index contributed by atoms with van der Waals surface area (Å²) in [4.78, 5) is 16.2. The minimum Gasteiger partial charge on any atom is -0.302 e. The summed E-state index contributed by atoms with van der Waals surface area (Å²) >= 11 is 1.54. The van der Waals surface area contributed by atoms with E-state index in [0.717, 1.165) is 23.7 Å². The smallest absolute Gasteiger partial charge is 0.228 e. The average Bonchev–Trinajstić information content (AvgIpc) is 3.01. The van der Waals surface area contributed by atoms with Crippen LogP contribution in [0.3, 0.4) is 0 Å². The number of carbonyl (C=O) groups excluding carboxylic acids is 1. The molecular formula is C12H18N2OS. The predicted molar refractivity (Wildman–Crippen MR) is 66.8 cm³/mol. The van der Waals surface area contributed by atoms with Crippen LogP contribution >= 0.6 is 11.3 Å². The molecule has 16 heavy (non-hydrogen) atoms. The summed E-state index contributed by atoms with van der Waals surface area (Å²) in [5.74, 6) is 0.840. The Labute approximate surface area is 100 Å². The van der Waals surface area contributed by atoms with Crippen molar-refractivity contribution in [1.29, 1.82) is 0 Å². The lowest BCUT2D eigenvalue weighted by atomic mass is 10.1. The van der Waals surface area contributed by atoms with Gasteiger partial charge in [-0.2, -0.15) is 0 Å². The second-order valence-corrected chi connectivity index (χ2v) is 5.39. The predicted octanol–water partition coefficient (Wildman–Crippen LogP) is 3.40. The third kappa shape index (κ3) is 2.82. The molecule has 1 atom stereocenters. The molecule has 1 unspecified atom stereocenters. The molecule has 0 bridgehead atoms. The van der Waals surface area contributed by atoms with E-state index >= 15 is 0 Å². The van der Waals surface area contributed by atoms with Gasteiger partial charge in [-0.05, 0) is 19.3 Å². The normalized spacial score (nSPS) is 17.1. The van der Waals surface area contributed by atoms with Crippen LogP contribution in [0.4, 0.5) is 5.13 Å². The van der Waals surface area contributed by atoms with Crippen molar-refractivity contribution < 1.29 is 4.79 Å². The lowest BCUT2D eigenvalue weighted by Gasteiger charge is -2.08. The Hall–Kier alpha value is -0.900. The van der Waals surface area contributed by atoms with E-state index in [1.165, 1.54) is 24.2 Å². The van der Waals surface area contributed by atoms with Crippen molar-refractivity contribution in [2.45, 2.75) is 45.4 Å². The van der Waals surface area contributed by atoms with Crippen LogP contribution in [0.1, 0.15) is 51.1 Å². The summed E-state index contributed by atoms with van der Waals surface area (Å²) in [7, 11) is 0. The lowest BCUT2D eigenvalue weighted by molar-refractivity contribution is -0.119. The molecule has 0 spiro atoms. The molecule has 3 nitrogen and oxygen atoms in total. The van der Waals surface area contributed by atoms with Crippen LogP contribution in [0.15, 0.2) is 5.38 Å². The Morgan fingerprint density at radius 2 is 2.44 bits per heavy atom. The monoisotopic (exact) mass is 238 g/mol. The van der Waals surface area contributed by atoms with Gasteiger partial charge in [0.1, 0.15) is 0 Å². The topological polar surface area (TPSA) is 42.0 Å². The summed E-state index contributed by atoms with van der Waals surface area (Å²) in [6.45, 7) is 4.06. The number of thiazole rings is 1. The fraction of sp³-hybridized carbons (Fsp3) is 0.667. The molecule has 2 rings (SSSR count). The van der Waals surface area contributed by atoms with Gasteiger partial charge < -0.3 is 5.32 Å². The van der Waals surface area contributed by atoms with Gasteiger partial charge in [0, 0.05) is 17.2 Å². The van der Waals surface area contributed by atoms with Gasteiger partial charge in [0.15, 0.2) is 5.13 Å². The number of hydrogen-bond acceptors (Lipinski definition) is 3. The van der Waals surface area contributed by atoms with Crippen LogP contribution in [-0.4, -0.2) is 10.9 Å². The van der Waals surface area contributed by atoms with E-state index in [1.807, 2.05) is 6.92 Å². The van der Waals surface area contributed by atoms with Crippen LogP contribution in [0.25, 0.3) is 0 Å². The highest BCUT2D eigenvalue weighted by atomic mass is 32.1. The zero-order valence-corrected chi connectivity index (χ0v) is 10.6. The van der Waals surface area contributed by atoms with E-state index in [1.54, 1.807) is 0 Å². The van der Waals surface area contributed by atoms with Crippen LogP contribution in [0.5, 0.6) is 0 Å². The molecule has 1 aliphatic carbocycles. The Kier molecular flexibility index (Phi) is 3.59. The van der Waals surface area contributed by atoms with Gasteiger partial charge >= 0.3 is 0 Å². The molecule has 1 aliphatic rings. The molecule has 1 aromatic rings. The van der Waals surface area contributed by atoms with Crippen molar-refractivity contribution in [3.63, 3.8) is 0 Å². The zero-order chi connectivity index (χ0) is 11.5. The van der Waals surface area contributed by atoms with Crippen molar-refractivity contribution in [3.8, 4) is 0 Å². The highest BCUT2D eigenvalue weighted by Crippen LogP contribution is 2.40. The minimum atomic E-state index is 0.0817. The third-order valence-electron chi connectivity index (χ3n) is 2.92. The van der Waals surface area contributed by atoms with Crippen LogP contribution in [0, 0.1) is 5.92 Å². The molecule has 1 N–H and O–H groups in total. The van der Waals surface area contributed by atoms with Gasteiger partial charge in [0.25, 0.3) is 0 Å². The number of nitrogens with zero attached hydrogens (tertiary/aromatic N) is 1. The van der Waals surface area contributed by atoms with E-state index in [2.05, 4.69) is 22.6 Å². The second-order valence-electron chi connectivity index (χ2n) is 4.53. The summed E-state index contributed by atoms with van der Waals surface area (Å²) in [6, 6.07) is 0. The van der Waals surface area contributed by atoms with Crippen molar-refractivity contribution in [3.05, 3.63) is 11.1 Å². The molecule has 88 valence electrons. The molecule has 1 aromatic heterocycles. The van der Waals surface area contributed by atoms with Crippen molar-refractivity contribution in [1.82, 2.24) is 4.98 Å². The standard InChI is InChI=1S/C12H18N2OS/c1-3-4-8(2)11(15)14-12-13-10(7-16-12)9-5-6-9/h7-9H,3-6H2,1-2H3,(H,13,14,15). The maximum Gasteiger partial charge on any atom is 0.228 e. The molecule has 0 saturated heterocycles. The quantitative estimate of drug-likeness (QED) is 0.854. The summed E-state index contributed by atoms with van der Waals surface area (Å²) < 4.78 is 0. The number of carbonyl (C=O) groups is 1. The molecule has 0 radical (unpaired) electrons. The first-order valence-corrected chi connectivity index (χ1v) is 6.85.